The topological polar surface area (TPSA) is 83.6 Å². The lowest BCUT2D eigenvalue weighted by Gasteiger charge is -2.22. The summed E-state index contributed by atoms with van der Waals surface area (Å²) in [6.45, 7) is -1.28. The largest absolute Gasteiger partial charge is 0.508 e. The predicted octanol–water partition coefficient (Wildman–Crippen LogP) is 0.600. The molecule has 1 atom stereocenters. The van der Waals surface area contributed by atoms with Crippen LogP contribution in [0.1, 0.15) is 5.56 Å². The first-order chi connectivity index (χ1) is 6.52. The van der Waals surface area contributed by atoms with Gasteiger partial charge in [0, 0.05) is 5.56 Å². The van der Waals surface area contributed by atoms with Crippen molar-refractivity contribution in [2.45, 2.75) is 5.54 Å². The molecule has 0 radical (unpaired) electrons. The van der Waals surface area contributed by atoms with E-state index in [0.717, 1.165) is 0 Å². The highest BCUT2D eigenvalue weighted by Gasteiger charge is 2.38. The number of benzene rings is 1. The Bertz CT molecular complexity index is 356. The van der Waals surface area contributed by atoms with Crippen LogP contribution in [0.5, 0.6) is 5.75 Å². The molecular formula is C9H10FNO3. The number of rotatable bonds is 3. The molecule has 0 aromatic heterocycles. The molecule has 1 aromatic rings. The number of aliphatic carboxylic acids is 1. The first-order valence-electron chi connectivity index (χ1n) is 3.89. The molecule has 4 N–H and O–H groups in total. The van der Waals surface area contributed by atoms with E-state index >= 15 is 0 Å². The molecule has 1 unspecified atom stereocenters. The second-order valence-electron chi connectivity index (χ2n) is 2.93. The standard InChI is InChI=1S/C9H10FNO3/c10-5-9(11,8(13)14)6-3-1-2-4-7(6)12/h1-4,12H,5,11H2,(H,13,14). The highest BCUT2D eigenvalue weighted by atomic mass is 19.1. The van der Waals surface area contributed by atoms with Crippen LogP contribution in [-0.4, -0.2) is 22.9 Å². The third kappa shape index (κ3) is 1.54. The number of para-hydroxylation sites is 1. The number of nitrogens with two attached hydrogens (primary N) is 1. The molecule has 76 valence electrons. The molecule has 4 nitrogen and oxygen atoms in total. The fourth-order valence-corrected chi connectivity index (χ4v) is 1.10. The molecule has 0 amide bonds. The van der Waals surface area contributed by atoms with Crippen LogP contribution in [-0.2, 0) is 10.3 Å². The van der Waals surface area contributed by atoms with Crippen LogP contribution in [0, 0.1) is 0 Å². The van der Waals surface area contributed by atoms with Crippen molar-refractivity contribution in [1.29, 1.82) is 0 Å². The number of hydrogen-bond donors (Lipinski definition) is 3. The van der Waals surface area contributed by atoms with Gasteiger partial charge in [-0.2, -0.15) is 0 Å². The van der Waals surface area contributed by atoms with E-state index in [-0.39, 0.29) is 11.3 Å². The fourth-order valence-electron chi connectivity index (χ4n) is 1.10. The minimum atomic E-state index is -2.18. The van der Waals surface area contributed by atoms with Crippen LogP contribution >= 0.6 is 0 Å². The van der Waals surface area contributed by atoms with Crippen molar-refractivity contribution in [1.82, 2.24) is 0 Å². The first-order valence-corrected chi connectivity index (χ1v) is 3.89. The molecular weight excluding hydrogens is 189 g/mol. The van der Waals surface area contributed by atoms with Crippen LogP contribution in [0.3, 0.4) is 0 Å². The summed E-state index contributed by atoms with van der Waals surface area (Å²) in [4.78, 5) is 10.7. The van der Waals surface area contributed by atoms with E-state index < -0.39 is 18.2 Å². The van der Waals surface area contributed by atoms with Gasteiger partial charge in [-0.3, -0.25) is 0 Å². The molecule has 0 saturated heterocycles. The second-order valence-corrected chi connectivity index (χ2v) is 2.93. The van der Waals surface area contributed by atoms with Crippen LogP contribution in [0.4, 0.5) is 4.39 Å². The number of aromatic hydroxyl groups is 1. The summed E-state index contributed by atoms with van der Waals surface area (Å²) >= 11 is 0. The second kappa shape index (κ2) is 3.63. The summed E-state index contributed by atoms with van der Waals surface area (Å²) in [5, 5.41) is 18.1. The maximum absolute atomic E-state index is 12.5. The van der Waals surface area contributed by atoms with Gasteiger partial charge >= 0.3 is 5.97 Å². The van der Waals surface area contributed by atoms with Gasteiger partial charge in [0.1, 0.15) is 12.4 Å². The van der Waals surface area contributed by atoms with E-state index in [2.05, 4.69) is 0 Å². The van der Waals surface area contributed by atoms with E-state index in [4.69, 9.17) is 10.8 Å². The first kappa shape index (κ1) is 10.5. The number of alkyl halides is 1. The van der Waals surface area contributed by atoms with Gasteiger partial charge in [-0.05, 0) is 6.07 Å². The molecule has 0 spiro atoms. The Hall–Kier alpha value is -1.62. The predicted molar refractivity (Wildman–Crippen MR) is 47.6 cm³/mol. The minimum Gasteiger partial charge on any atom is -0.508 e. The summed E-state index contributed by atoms with van der Waals surface area (Å²) in [6.07, 6.45) is 0. The molecule has 0 heterocycles. The number of hydrogen-bond acceptors (Lipinski definition) is 3. The van der Waals surface area contributed by atoms with Crippen molar-refractivity contribution in [3.8, 4) is 5.75 Å². The summed E-state index contributed by atoms with van der Waals surface area (Å²) in [5.41, 5.74) is 3.02. The number of carboxylic acid groups (broad SMARTS) is 1. The highest BCUT2D eigenvalue weighted by molar-refractivity contribution is 5.81. The third-order valence-corrected chi connectivity index (χ3v) is 1.98. The van der Waals surface area contributed by atoms with E-state index in [9.17, 15) is 14.3 Å². The van der Waals surface area contributed by atoms with Crippen LogP contribution in [0.2, 0.25) is 0 Å². The highest BCUT2D eigenvalue weighted by Crippen LogP contribution is 2.27. The average Bonchev–Trinajstić information content (AvgIpc) is 2.17. The van der Waals surface area contributed by atoms with Crippen molar-refractivity contribution in [2.24, 2.45) is 5.73 Å². The van der Waals surface area contributed by atoms with Crippen molar-refractivity contribution in [3.05, 3.63) is 29.8 Å². The summed E-state index contributed by atoms with van der Waals surface area (Å²) in [5.74, 6) is -1.84. The molecule has 1 aromatic carbocycles. The molecule has 0 aliphatic rings. The lowest BCUT2D eigenvalue weighted by atomic mass is 9.92. The maximum atomic E-state index is 12.5. The van der Waals surface area contributed by atoms with Gasteiger partial charge < -0.3 is 15.9 Å². The van der Waals surface area contributed by atoms with E-state index in [1.165, 1.54) is 24.3 Å². The Morgan fingerprint density at radius 3 is 2.50 bits per heavy atom. The zero-order chi connectivity index (χ0) is 10.8. The van der Waals surface area contributed by atoms with E-state index in [1.54, 1.807) is 0 Å². The van der Waals surface area contributed by atoms with Crippen molar-refractivity contribution in [2.75, 3.05) is 6.67 Å². The Labute approximate surface area is 79.8 Å². The number of halogens is 1. The van der Waals surface area contributed by atoms with Gasteiger partial charge in [0.05, 0.1) is 0 Å². The lowest BCUT2D eigenvalue weighted by Crippen LogP contribution is -2.47. The fraction of sp³-hybridized carbons (Fsp3) is 0.222. The molecule has 0 aliphatic carbocycles. The molecule has 1 rings (SSSR count). The van der Waals surface area contributed by atoms with Crippen LogP contribution < -0.4 is 5.73 Å². The number of carboxylic acids is 1. The number of carbonyl (C=O) groups is 1. The molecule has 0 bridgehead atoms. The molecule has 5 heteroatoms. The van der Waals surface area contributed by atoms with Gasteiger partial charge in [0.15, 0.2) is 5.54 Å². The minimum absolute atomic E-state index is 0.130. The molecule has 0 fully saturated rings. The normalized spacial score (nSPS) is 14.7. The maximum Gasteiger partial charge on any atom is 0.331 e. The molecule has 14 heavy (non-hydrogen) atoms. The number of phenolic OH excluding ortho intramolecular Hbond substituents is 1. The zero-order valence-corrected chi connectivity index (χ0v) is 7.27. The summed E-state index contributed by atoms with van der Waals surface area (Å²) in [6, 6.07) is 5.52. The van der Waals surface area contributed by atoms with Gasteiger partial charge in [-0.1, -0.05) is 18.2 Å². The number of phenols is 1. The Kier molecular flexibility index (Phi) is 2.71. The Balaban J connectivity index is 3.26. The zero-order valence-electron chi connectivity index (χ0n) is 7.27. The van der Waals surface area contributed by atoms with Gasteiger partial charge in [0.2, 0.25) is 0 Å². The average molecular weight is 199 g/mol. The van der Waals surface area contributed by atoms with Crippen molar-refractivity contribution < 1.29 is 19.4 Å². The summed E-state index contributed by atoms with van der Waals surface area (Å²) in [7, 11) is 0. The molecule has 0 saturated carbocycles. The van der Waals surface area contributed by atoms with Crippen molar-refractivity contribution >= 4 is 5.97 Å². The van der Waals surface area contributed by atoms with Gasteiger partial charge in [-0.25, -0.2) is 9.18 Å². The lowest BCUT2D eigenvalue weighted by molar-refractivity contribution is -0.144. The SMILES string of the molecule is NC(CF)(C(=O)O)c1ccccc1O. The van der Waals surface area contributed by atoms with E-state index in [1.807, 2.05) is 0 Å². The smallest absolute Gasteiger partial charge is 0.331 e. The summed E-state index contributed by atoms with van der Waals surface area (Å²) < 4.78 is 12.5. The van der Waals surface area contributed by atoms with Gasteiger partial charge in [0.25, 0.3) is 0 Å². The van der Waals surface area contributed by atoms with Crippen molar-refractivity contribution in [3.63, 3.8) is 0 Å². The quantitative estimate of drug-likeness (QED) is 0.665. The van der Waals surface area contributed by atoms with E-state index in [0.29, 0.717) is 0 Å². The third-order valence-electron chi connectivity index (χ3n) is 1.98. The van der Waals surface area contributed by atoms with Crippen LogP contribution in [0.25, 0.3) is 0 Å². The monoisotopic (exact) mass is 199 g/mol. The van der Waals surface area contributed by atoms with Gasteiger partial charge in [-0.15, -0.1) is 0 Å². The Morgan fingerprint density at radius 1 is 1.50 bits per heavy atom. The molecule has 0 aliphatic heterocycles. The van der Waals surface area contributed by atoms with Crippen LogP contribution in [0.15, 0.2) is 24.3 Å². The Morgan fingerprint density at radius 2 is 2.07 bits per heavy atom.